The molecule has 1 unspecified atom stereocenters. The summed E-state index contributed by atoms with van der Waals surface area (Å²) < 4.78 is 0. The van der Waals surface area contributed by atoms with Gasteiger partial charge >= 0.3 is 0 Å². The van der Waals surface area contributed by atoms with Gasteiger partial charge in [-0.15, -0.1) is 0 Å². The number of nitrogens with two attached hydrogens (primary N) is 1. The zero-order valence-electron chi connectivity index (χ0n) is 11.2. The van der Waals surface area contributed by atoms with E-state index in [-0.39, 0.29) is 5.91 Å². The van der Waals surface area contributed by atoms with Crippen molar-refractivity contribution in [1.29, 1.82) is 0 Å². The first-order valence-corrected chi connectivity index (χ1v) is 6.69. The fourth-order valence-electron chi connectivity index (χ4n) is 2.27. The van der Waals surface area contributed by atoms with E-state index in [4.69, 9.17) is 5.73 Å². The van der Waals surface area contributed by atoms with Crippen molar-refractivity contribution in [2.45, 2.75) is 45.7 Å². The van der Waals surface area contributed by atoms with E-state index in [0.717, 1.165) is 18.0 Å². The Bertz CT molecular complexity index is 438. The molecular weight excluding hydrogens is 224 g/mol. The Morgan fingerprint density at radius 3 is 2.78 bits per heavy atom. The van der Waals surface area contributed by atoms with Gasteiger partial charge < -0.3 is 11.1 Å². The Labute approximate surface area is 109 Å². The summed E-state index contributed by atoms with van der Waals surface area (Å²) in [7, 11) is 0. The van der Waals surface area contributed by atoms with Gasteiger partial charge in [-0.05, 0) is 49.4 Å². The van der Waals surface area contributed by atoms with E-state index in [2.05, 4.69) is 12.2 Å². The van der Waals surface area contributed by atoms with Crippen LogP contribution in [0.5, 0.6) is 0 Å². The highest BCUT2D eigenvalue weighted by Crippen LogP contribution is 2.33. The van der Waals surface area contributed by atoms with Gasteiger partial charge in [0, 0.05) is 18.2 Å². The highest BCUT2D eigenvalue weighted by atomic mass is 16.1. The van der Waals surface area contributed by atoms with E-state index >= 15 is 0 Å². The molecule has 1 atom stereocenters. The minimum Gasteiger partial charge on any atom is -0.366 e. The van der Waals surface area contributed by atoms with Gasteiger partial charge in [-0.1, -0.05) is 18.9 Å². The first-order chi connectivity index (χ1) is 8.56. The fraction of sp³-hybridized carbons (Fsp3) is 0.533. The van der Waals surface area contributed by atoms with E-state index in [1.54, 1.807) is 6.07 Å². The number of nitrogens with one attached hydrogen (secondary N) is 1. The molecule has 0 aromatic heterocycles. The number of hydrogen-bond acceptors (Lipinski definition) is 2. The van der Waals surface area contributed by atoms with Crippen LogP contribution in [0.3, 0.4) is 0 Å². The maximum absolute atomic E-state index is 11.1. The van der Waals surface area contributed by atoms with Crippen LogP contribution in [-0.4, -0.2) is 11.9 Å². The fourth-order valence-corrected chi connectivity index (χ4v) is 2.27. The summed E-state index contributed by atoms with van der Waals surface area (Å²) in [6.07, 6.45) is 4.08. The van der Waals surface area contributed by atoms with Gasteiger partial charge in [0.1, 0.15) is 0 Å². The summed E-state index contributed by atoms with van der Waals surface area (Å²) >= 11 is 0. The minimum atomic E-state index is -0.361. The smallest absolute Gasteiger partial charge is 0.248 e. The lowest BCUT2D eigenvalue weighted by Crippen LogP contribution is -2.26. The lowest BCUT2D eigenvalue weighted by Gasteiger charge is -2.14. The zero-order valence-corrected chi connectivity index (χ0v) is 11.2. The monoisotopic (exact) mass is 246 g/mol. The maximum atomic E-state index is 11.1. The van der Waals surface area contributed by atoms with Crippen LogP contribution in [0.15, 0.2) is 18.2 Å². The van der Waals surface area contributed by atoms with Gasteiger partial charge in [-0.25, -0.2) is 0 Å². The van der Waals surface area contributed by atoms with Gasteiger partial charge in [-0.3, -0.25) is 4.79 Å². The minimum absolute atomic E-state index is 0.361. The molecule has 3 N–H and O–H groups in total. The van der Waals surface area contributed by atoms with Crippen LogP contribution in [-0.2, 0) is 6.54 Å². The summed E-state index contributed by atoms with van der Waals surface area (Å²) in [5.74, 6) is 0.588. The normalized spacial score (nSPS) is 16.6. The summed E-state index contributed by atoms with van der Waals surface area (Å²) in [5.41, 5.74) is 8.21. The predicted molar refractivity (Wildman–Crippen MR) is 73.3 cm³/mol. The average molecular weight is 246 g/mol. The van der Waals surface area contributed by atoms with Crippen molar-refractivity contribution in [3.05, 3.63) is 34.9 Å². The highest BCUT2D eigenvalue weighted by molar-refractivity contribution is 5.93. The number of carbonyl (C=O) groups is 1. The summed E-state index contributed by atoms with van der Waals surface area (Å²) in [5, 5.41) is 3.54. The molecule has 98 valence electrons. The molecule has 0 aliphatic heterocycles. The molecule has 1 aliphatic rings. The van der Waals surface area contributed by atoms with Crippen LogP contribution in [0.25, 0.3) is 0 Å². The topological polar surface area (TPSA) is 55.1 Å². The first kappa shape index (κ1) is 13.1. The van der Waals surface area contributed by atoms with Crippen LogP contribution in [0.4, 0.5) is 0 Å². The Morgan fingerprint density at radius 1 is 1.50 bits per heavy atom. The molecular formula is C15H22N2O. The van der Waals surface area contributed by atoms with E-state index in [0.29, 0.717) is 11.6 Å². The quantitative estimate of drug-likeness (QED) is 0.809. The van der Waals surface area contributed by atoms with Crippen LogP contribution in [0.1, 0.15) is 47.7 Å². The largest absolute Gasteiger partial charge is 0.366 e. The predicted octanol–water partition coefficient (Wildman–Crippen LogP) is 2.37. The van der Waals surface area contributed by atoms with Crippen molar-refractivity contribution in [3.63, 3.8) is 0 Å². The molecule has 2 rings (SSSR count). The molecule has 0 spiro atoms. The molecule has 1 aromatic carbocycles. The Hall–Kier alpha value is -1.35. The van der Waals surface area contributed by atoms with Crippen molar-refractivity contribution in [1.82, 2.24) is 5.32 Å². The Kier molecular flexibility index (Phi) is 4.02. The van der Waals surface area contributed by atoms with Gasteiger partial charge in [0.15, 0.2) is 0 Å². The van der Waals surface area contributed by atoms with Crippen LogP contribution >= 0.6 is 0 Å². The second-order valence-electron chi connectivity index (χ2n) is 5.47. The van der Waals surface area contributed by atoms with Gasteiger partial charge in [0.25, 0.3) is 0 Å². The van der Waals surface area contributed by atoms with E-state index in [1.165, 1.54) is 24.8 Å². The van der Waals surface area contributed by atoms with Crippen molar-refractivity contribution in [3.8, 4) is 0 Å². The van der Waals surface area contributed by atoms with Crippen molar-refractivity contribution >= 4 is 5.91 Å². The third-order valence-corrected chi connectivity index (χ3v) is 3.65. The maximum Gasteiger partial charge on any atom is 0.248 e. The summed E-state index contributed by atoms with van der Waals surface area (Å²) in [6.45, 7) is 5.12. The number of rotatable bonds is 6. The Balaban J connectivity index is 1.90. The average Bonchev–Trinajstić information content (AvgIpc) is 3.11. The number of carbonyl (C=O) groups excluding carboxylic acids is 1. The third-order valence-electron chi connectivity index (χ3n) is 3.65. The zero-order chi connectivity index (χ0) is 13.1. The molecule has 0 bridgehead atoms. The standard InChI is InChI=1S/C15H22N2O/c1-10-7-13(15(16)18)5-6-14(10)9-17-11(2)8-12-3-4-12/h5-7,11-12,17H,3-4,8-9H2,1-2H3,(H2,16,18). The van der Waals surface area contributed by atoms with Crippen molar-refractivity contribution in [2.75, 3.05) is 0 Å². The lowest BCUT2D eigenvalue weighted by molar-refractivity contribution is 0.1000. The number of primary amides is 1. The molecule has 18 heavy (non-hydrogen) atoms. The van der Waals surface area contributed by atoms with Gasteiger partial charge in [-0.2, -0.15) is 0 Å². The Morgan fingerprint density at radius 2 is 2.22 bits per heavy atom. The molecule has 3 nitrogen and oxygen atoms in total. The summed E-state index contributed by atoms with van der Waals surface area (Å²) in [4.78, 5) is 11.1. The molecule has 0 radical (unpaired) electrons. The SMILES string of the molecule is Cc1cc(C(N)=O)ccc1CNC(C)CC1CC1. The van der Waals surface area contributed by atoms with Crippen LogP contribution in [0.2, 0.25) is 0 Å². The molecule has 0 heterocycles. The van der Waals surface area contributed by atoms with Crippen molar-refractivity contribution < 1.29 is 4.79 Å². The summed E-state index contributed by atoms with van der Waals surface area (Å²) in [6, 6.07) is 6.22. The number of aryl methyl sites for hydroxylation is 1. The third kappa shape index (κ3) is 3.57. The van der Waals surface area contributed by atoms with Crippen LogP contribution in [0, 0.1) is 12.8 Å². The molecule has 1 fully saturated rings. The molecule has 1 aromatic rings. The van der Waals surface area contributed by atoms with Gasteiger partial charge in [0.05, 0.1) is 0 Å². The molecule has 1 aliphatic carbocycles. The van der Waals surface area contributed by atoms with E-state index in [1.807, 2.05) is 19.1 Å². The first-order valence-electron chi connectivity index (χ1n) is 6.69. The molecule has 0 saturated heterocycles. The van der Waals surface area contributed by atoms with E-state index < -0.39 is 0 Å². The molecule has 1 saturated carbocycles. The molecule has 3 heteroatoms. The number of amides is 1. The second kappa shape index (κ2) is 5.53. The van der Waals surface area contributed by atoms with Crippen molar-refractivity contribution in [2.24, 2.45) is 11.7 Å². The lowest BCUT2D eigenvalue weighted by atomic mass is 10.0. The van der Waals surface area contributed by atoms with Crippen LogP contribution < -0.4 is 11.1 Å². The molecule has 1 amide bonds. The highest BCUT2D eigenvalue weighted by Gasteiger charge is 2.23. The number of hydrogen-bond donors (Lipinski definition) is 2. The van der Waals surface area contributed by atoms with Gasteiger partial charge in [0.2, 0.25) is 5.91 Å². The van der Waals surface area contributed by atoms with E-state index in [9.17, 15) is 4.79 Å². The second-order valence-corrected chi connectivity index (χ2v) is 5.47. The number of benzene rings is 1.